The van der Waals surface area contributed by atoms with Crippen molar-refractivity contribution in [2.75, 3.05) is 0 Å². The van der Waals surface area contributed by atoms with Crippen LogP contribution in [0.15, 0.2) is 0 Å². The molecule has 1 amide bonds. The van der Waals surface area contributed by atoms with Gasteiger partial charge >= 0.3 is 5.97 Å². The van der Waals surface area contributed by atoms with Crippen molar-refractivity contribution in [3.63, 3.8) is 0 Å². The van der Waals surface area contributed by atoms with E-state index in [1.54, 1.807) is 11.8 Å². The normalized spacial score (nSPS) is 21.9. The average Bonchev–Trinajstić information content (AvgIpc) is 3.22. The van der Waals surface area contributed by atoms with Crippen molar-refractivity contribution < 1.29 is 14.7 Å². The van der Waals surface area contributed by atoms with E-state index in [1.807, 2.05) is 0 Å². The fraction of sp³-hybridized carbons (Fsp3) is 0.867. The largest absolute Gasteiger partial charge is 0.480 e. The molecule has 0 aromatic rings. The summed E-state index contributed by atoms with van der Waals surface area (Å²) in [5.74, 6) is -0.167. The number of aliphatic carboxylic acids is 1. The minimum absolute atomic E-state index is 0.0444. The van der Waals surface area contributed by atoms with Crippen molar-refractivity contribution in [2.24, 2.45) is 5.92 Å². The van der Waals surface area contributed by atoms with Gasteiger partial charge in [-0.1, -0.05) is 32.1 Å². The quantitative estimate of drug-likeness (QED) is 0.805. The molecule has 0 saturated heterocycles. The van der Waals surface area contributed by atoms with Crippen molar-refractivity contribution >= 4 is 11.9 Å². The first-order valence-electron chi connectivity index (χ1n) is 7.63. The molecule has 2 aliphatic rings. The number of rotatable bonds is 6. The minimum Gasteiger partial charge on any atom is -0.480 e. The number of amides is 1. The smallest absolute Gasteiger partial charge is 0.326 e. The fourth-order valence-electron chi connectivity index (χ4n) is 3.14. The summed E-state index contributed by atoms with van der Waals surface area (Å²) >= 11 is 0. The molecule has 4 heteroatoms. The van der Waals surface area contributed by atoms with Crippen LogP contribution < -0.4 is 0 Å². The van der Waals surface area contributed by atoms with E-state index in [4.69, 9.17) is 5.11 Å². The predicted molar refractivity (Wildman–Crippen MR) is 72.8 cm³/mol. The molecule has 0 aromatic heterocycles. The Morgan fingerprint density at radius 1 is 1.16 bits per heavy atom. The van der Waals surface area contributed by atoms with Crippen molar-refractivity contribution in [3.05, 3.63) is 0 Å². The van der Waals surface area contributed by atoms with Gasteiger partial charge in [-0.3, -0.25) is 4.79 Å². The summed E-state index contributed by atoms with van der Waals surface area (Å²) in [6, 6.07) is -0.490. The van der Waals surface area contributed by atoms with E-state index in [2.05, 4.69) is 0 Å². The number of carbonyl (C=O) groups excluding carboxylic acids is 1. The predicted octanol–water partition coefficient (Wildman–Crippen LogP) is 2.81. The molecule has 2 saturated carbocycles. The highest BCUT2D eigenvalue weighted by Gasteiger charge is 2.38. The molecule has 2 rings (SSSR count). The van der Waals surface area contributed by atoms with E-state index in [9.17, 15) is 9.59 Å². The third kappa shape index (κ3) is 3.95. The van der Waals surface area contributed by atoms with Crippen LogP contribution >= 0.6 is 0 Å². The van der Waals surface area contributed by atoms with Gasteiger partial charge < -0.3 is 10.0 Å². The van der Waals surface area contributed by atoms with Crippen LogP contribution in [0, 0.1) is 5.92 Å². The monoisotopic (exact) mass is 267 g/mol. The Labute approximate surface area is 115 Å². The van der Waals surface area contributed by atoms with Crippen LogP contribution in [0.5, 0.6) is 0 Å². The van der Waals surface area contributed by atoms with Crippen LogP contribution in [0.25, 0.3) is 0 Å². The lowest BCUT2D eigenvalue weighted by Gasteiger charge is -2.28. The van der Waals surface area contributed by atoms with Crippen molar-refractivity contribution in [1.29, 1.82) is 0 Å². The van der Waals surface area contributed by atoms with Crippen LogP contribution in [0.1, 0.15) is 64.7 Å². The van der Waals surface area contributed by atoms with Gasteiger partial charge in [0.2, 0.25) is 5.91 Å². The van der Waals surface area contributed by atoms with Crippen LogP contribution in [0.2, 0.25) is 0 Å². The van der Waals surface area contributed by atoms with Gasteiger partial charge in [0.25, 0.3) is 0 Å². The molecule has 4 nitrogen and oxygen atoms in total. The molecule has 0 aliphatic heterocycles. The van der Waals surface area contributed by atoms with E-state index >= 15 is 0 Å². The molecule has 0 aromatic carbocycles. The maximum Gasteiger partial charge on any atom is 0.326 e. The van der Waals surface area contributed by atoms with Crippen LogP contribution in [0.4, 0.5) is 0 Å². The molecular formula is C15H25NO3. The Morgan fingerprint density at radius 3 is 2.32 bits per heavy atom. The topological polar surface area (TPSA) is 57.6 Å². The number of hydrogen-bond donors (Lipinski definition) is 1. The lowest BCUT2D eigenvalue weighted by Crippen LogP contribution is -2.44. The summed E-state index contributed by atoms with van der Waals surface area (Å²) in [7, 11) is 0. The molecule has 1 N–H and O–H groups in total. The minimum atomic E-state index is -0.891. The molecule has 0 radical (unpaired) electrons. The lowest BCUT2D eigenvalue weighted by atomic mass is 9.86. The molecule has 0 heterocycles. The number of carboxylic acids is 1. The van der Waals surface area contributed by atoms with E-state index in [0.29, 0.717) is 12.3 Å². The van der Waals surface area contributed by atoms with Crippen LogP contribution in [-0.4, -0.2) is 34.0 Å². The third-order valence-electron chi connectivity index (χ3n) is 4.49. The highest BCUT2D eigenvalue weighted by Crippen LogP contribution is 2.31. The summed E-state index contributed by atoms with van der Waals surface area (Å²) < 4.78 is 0. The standard InChI is InChI=1S/C15H25NO3/c1-11(15(18)19)16(13-8-9-13)14(17)10-7-12-5-3-2-4-6-12/h11-13H,2-10H2,1H3,(H,18,19). The average molecular weight is 267 g/mol. The molecule has 2 aliphatic carbocycles. The summed E-state index contributed by atoms with van der Waals surface area (Å²) in [5, 5.41) is 9.10. The molecule has 19 heavy (non-hydrogen) atoms. The van der Waals surface area contributed by atoms with Gasteiger partial charge in [0.1, 0.15) is 6.04 Å². The Hall–Kier alpha value is -1.06. The first-order valence-corrected chi connectivity index (χ1v) is 7.63. The van der Waals surface area contributed by atoms with E-state index in [0.717, 1.165) is 19.3 Å². The van der Waals surface area contributed by atoms with Crippen molar-refractivity contribution in [1.82, 2.24) is 4.90 Å². The molecule has 1 atom stereocenters. The molecular weight excluding hydrogens is 242 g/mol. The van der Waals surface area contributed by atoms with E-state index in [-0.39, 0.29) is 11.9 Å². The number of carbonyl (C=O) groups is 2. The lowest BCUT2D eigenvalue weighted by molar-refractivity contribution is -0.150. The zero-order chi connectivity index (χ0) is 13.8. The molecule has 0 bridgehead atoms. The zero-order valence-electron chi connectivity index (χ0n) is 11.8. The van der Waals surface area contributed by atoms with E-state index < -0.39 is 12.0 Å². The molecule has 1 unspecified atom stereocenters. The summed E-state index contributed by atoms with van der Waals surface area (Å²) in [5.41, 5.74) is 0. The van der Waals surface area contributed by atoms with Gasteiger partial charge in [-0.15, -0.1) is 0 Å². The Bertz CT molecular complexity index is 332. The number of carboxylic acid groups (broad SMARTS) is 1. The first kappa shape index (κ1) is 14.4. The molecule has 108 valence electrons. The van der Waals surface area contributed by atoms with Gasteiger partial charge in [0, 0.05) is 12.5 Å². The van der Waals surface area contributed by atoms with Crippen molar-refractivity contribution in [3.8, 4) is 0 Å². The fourth-order valence-corrected chi connectivity index (χ4v) is 3.14. The van der Waals surface area contributed by atoms with Gasteiger partial charge in [-0.2, -0.15) is 0 Å². The van der Waals surface area contributed by atoms with Crippen LogP contribution in [0.3, 0.4) is 0 Å². The zero-order valence-corrected chi connectivity index (χ0v) is 11.8. The maximum atomic E-state index is 12.3. The number of nitrogens with zero attached hydrogens (tertiary/aromatic N) is 1. The summed E-state index contributed by atoms with van der Waals surface area (Å²) in [6.45, 7) is 1.62. The van der Waals surface area contributed by atoms with Crippen LogP contribution in [-0.2, 0) is 9.59 Å². The van der Waals surface area contributed by atoms with Gasteiger partial charge in [0.05, 0.1) is 0 Å². The Balaban J connectivity index is 1.83. The third-order valence-corrected chi connectivity index (χ3v) is 4.49. The second-order valence-corrected chi connectivity index (χ2v) is 6.09. The summed E-state index contributed by atoms with van der Waals surface area (Å²) in [4.78, 5) is 25.0. The first-order chi connectivity index (χ1) is 9.09. The highest BCUT2D eigenvalue weighted by atomic mass is 16.4. The second-order valence-electron chi connectivity index (χ2n) is 6.09. The van der Waals surface area contributed by atoms with Gasteiger partial charge in [0.15, 0.2) is 0 Å². The second kappa shape index (κ2) is 6.40. The maximum absolute atomic E-state index is 12.3. The van der Waals surface area contributed by atoms with Gasteiger partial charge in [-0.05, 0) is 32.1 Å². The highest BCUT2D eigenvalue weighted by molar-refractivity contribution is 5.84. The molecule has 0 spiro atoms. The van der Waals surface area contributed by atoms with Crippen molar-refractivity contribution in [2.45, 2.75) is 76.8 Å². The Kier molecular flexibility index (Phi) is 4.83. The Morgan fingerprint density at radius 2 is 1.79 bits per heavy atom. The SMILES string of the molecule is CC(C(=O)O)N(C(=O)CCC1CCCCC1)C1CC1. The summed E-state index contributed by atoms with van der Waals surface area (Å²) in [6.07, 6.45) is 9.78. The van der Waals surface area contributed by atoms with Gasteiger partial charge in [-0.25, -0.2) is 4.79 Å². The van der Waals surface area contributed by atoms with E-state index in [1.165, 1.54) is 32.1 Å². The number of hydrogen-bond acceptors (Lipinski definition) is 2. The molecule has 2 fully saturated rings.